The normalized spacial score (nSPS) is 10.2. The number of hydrogen-bond acceptors (Lipinski definition) is 3. The molecule has 0 aromatic heterocycles. The lowest BCUT2D eigenvalue weighted by Gasteiger charge is -2.12. The largest absolute Gasteiger partial charge is 0.478 e. The zero-order valence-corrected chi connectivity index (χ0v) is 12.8. The molecule has 6 heteroatoms. The van der Waals surface area contributed by atoms with Gasteiger partial charge in [0.2, 0.25) is 0 Å². The summed E-state index contributed by atoms with van der Waals surface area (Å²) in [5.41, 5.74) is 7.50. The van der Waals surface area contributed by atoms with Crippen molar-refractivity contribution >= 4 is 54.9 Å². The number of nitrogen functional groups attached to an aromatic ring is 1. The Morgan fingerprint density at radius 2 is 1.89 bits per heavy atom. The zero-order chi connectivity index (χ0) is 14.0. The van der Waals surface area contributed by atoms with E-state index in [1.54, 1.807) is 12.1 Å². The van der Waals surface area contributed by atoms with Crippen LogP contribution in [0.3, 0.4) is 0 Å². The van der Waals surface area contributed by atoms with Gasteiger partial charge in [0, 0.05) is 8.95 Å². The second kappa shape index (κ2) is 5.63. The minimum absolute atomic E-state index is 0.0817. The number of hydrogen-bond donors (Lipinski definition) is 3. The molecular formula is C13H10Br2N2O2. The van der Waals surface area contributed by atoms with Crippen LogP contribution in [0.4, 0.5) is 17.1 Å². The van der Waals surface area contributed by atoms with E-state index in [0.29, 0.717) is 5.69 Å². The smallest absolute Gasteiger partial charge is 0.337 e. The van der Waals surface area contributed by atoms with Crippen LogP contribution in [-0.2, 0) is 0 Å². The van der Waals surface area contributed by atoms with Gasteiger partial charge in [-0.25, -0.2) is 4.79 Å². The lowest BCUT2D eigenvalue weighted by molar-refractivity contribution is 0.0698. The van der Waals surface area contributed by atoms with Gasteiger partial charge in [0.25, 0.3) is 0 Å². The summed E-state index contributed by atoms with van der Waals surface area (Å²) < 4.78 is 1.79. The first kappa shape index (κ1) is 13.9. The summed E-state index contributed by atoms with van der Waals surface area (Å²) in [7, 11) is 0. The molecule has 0 saturated heterocycles. The summed E-state index contributed by atoms with van der Waals surface area (Å²) in [6.45, 7) is 0. The molecule has 0 fully saturated rings. The Hall–Kier alpha value is -1.53. The highest BCUT2D eigenvalue weighted by Crippen LogP contribution is 2.32. The highest BCUT2D eigenvalue weighted by Gasteiger charge is 2.11. The van der Waals surface area contributed by atoms with Gasteiger partial charge in [-0.3, -0.25) is 0 Å². The van der Waals surface area contributed by atoms with Gasteiger partial charge >= 0.3 is 5.97 Å². The van der Waals surface area contributed by atoms with Crippen LogP contribution >= 0.6 is 31.9 Å². The average Bonchev–Trinajstić information content (AvgIpc) is 2.34. The summed E-state index contributed by atoms with van der Waals surface area (Å²) in [4.78, 5) is 11.0. The molecule has 4 nitrogen and oxygen atoms in total. The van der Waals surface area contributed by atoms with Crippen LogP contribution in [0.1, 0.15) is 10.4 Å². The average molecular weight is 386 g/mol. The van der Waals surface area contributed by atoms with E-state index in [9.17, 15) is 4.79 Å². The third-order valence-electron chi connectivity index (χ3n) is 2.54. The lowest BCUT2D eigenvalue weighted by atomic mass is 10.1. The highest BCUT2D eigenvalue weighted by atomic mass is 79.9. The molecule has 2 rings (SSSR count). The molecule has 0 bridgehead atoms. The molecule has 98 valence electrons. The Morgan fingerprint density at radius 1 is 1.16 bits per heavy atom. The van der Waals surface area contributed by atoms with Crippen LogP contribution in [0.25, 0.3) is 0 Å². The van der Waals surface area contributed by atoms with Crippen molar-refractivity contribution < 1.29 is 9.90 Å². The molecule has 0 aliphatic rings. The summed E-state index contributed by atoms with van der Waals surface area (Å²) >= 11 is 6.79. The van der Waals surface area contributed by atoms with Gasteiger partial charge in [0.1, 0.15) is 0 Å². The molecule has 19 heavy (non-hydrogen) atoms. The van der Waals surface area contributed by atoms with Gasteiger partial charge in [0.05, 0.1) is 22.6 Å². The van der Waals surface area contributed by atoms with Gasteiger partial charge in [-0.15, -0.1) is 0 Å². The number of aromatic carboxylic acids is 1. The van der Waals surface area contributed by atoms with Crippen LogP contribution in [0.2, 0.25) is 0 Å². The van der Waals surface area contributed by atoms with Gasteiger partial charge in [-0.05, 0) is 46.3 Å². The van der Waals surface area contributed by atoms with Crippen molar-refractivity contribution in [3.05, 3.63) is 50.9 Å². The number of para-hydroxylation sites is 1. The second-order valence-corrected chi connectivity index (χ2v) is 5.59. The van der Waals surface area contributed by atoms with E-state index in [4.69, 9.17) is 10.8 Å². The molecule has 0 atom stereocenters. The number of carboxylic acids is 1. The number of anilines is 3. The molecule has 0 aliphatic carbocycles. The van der Waals surface area contributed by atoms with E-state index in [2.05, 4.69) is 37.2 Å². The van der Waals surface area contributed by atoms with Crippen molar-refractivity contribution in [2.75, 3.05) is 11.1 Å². The molecule has 0 spiro atoms. The quantitative estimate of drug-likeness (QED) is 0.691. The van der Waals surface area contributed by atoms with E-state index in [1.807, 2.05) is 18.2 Å². The number of carbonyl (C=O) groups is 1. The Labute approximate surface area is 126 Å². The summed E-state index contributed by atoms with van der Waals surface area (Å²) in [6, 6.07) is 10.5. The maximum atomic E-state index is 11.0. The minimum Gasteiger partial charge on any atom is -0.478 e. The molecule has 0 radical (unpaired) electrons. The molecule has 0 amide bonds. The second-order valence-electron chi connectivity index (χ2n) is 3.82. The molecule has 0 aliphatic heterocycles. The number of halogens is 2. The molecule has 2 aromatic carbocycles. The molecule has 0 saturated carbocycles. The maximum absolute atomic E-state index is 11.0. The number of benzene rings is 2. The first-order valence-electron chi connectivity index (χ1n) is 5.33. The Bertz CT molecular complexity index is 645. The minimum atomic E-state index is -1.05. The monoisotopic (exact) mass is 384 g/mol. The summed E-state index contributed by atoms with van der Waals surface area (Å²) in [5, 5.41) is 12.1. The standard InChI is InChI=1S/C13H10Br2N2O2/c14-7-4-5-10(9(15)6-7)17-11-3-1-2-8(12(11)16)13(18)19/h1-6,17H,16H2,(H,18,19). The van der Waals surface area contributed by atoms with Crippen molar-refractivity contribution in [2.24, 2.45) is 0 Å². The highest BCUT2D eigenvalue weighted by molar-refractivity contribution is 9.11. The van der Waals surface area contributed by atoms with Crippen molar-refractivity contribution in [3.63, 3.8) is 0 Å². The van der Waals surface area contributed by atoms with Crippen LogP contribution in [0.15, 0.2) is 45.3 Å². The van der Waals surface area contributed by atoms with Crippen LogP contribution < -0.4 is 11.1 Å². The third-order valence-corrected chi connectivity index (χ3v) is 3.69. The van der Waals surface area contributed by atoms with E-state index < -0.39 is 5.97 Å². The van der Waals surface area contributed by atoms with Gasteiger partial charge in [-0.1, -0.05) is 22.0 Å². The molecule has 0 unspecified atom stereocenters. The topological polar surface area (TPSA) is 75.3 Å². The molecule has 2 aromatic rings. The predicted molar refractivity (Wildman–Crippen MR) is 82.9 cm³/mol. The van der Waals surface area contributed by atoms with Gasteiger partial charge < -0.3 is 16.2 Å². The van der Waals surface area contributed by atoms with E-state index >= 15 is 0 Å². The fourth-order valence-electron chi connectivity index (χ4n) is 1.60. The third kappa shape index (κ3) is 3.08. The van der Waals surface area contributed by atoms with Crippen molar-refractivity contribution in [2.45, 2.75) is 0 Å². The van der Waals surface area contributed by atoms with Crippen molar-refractivity contribution in [3.8, 4) is 0 Å². The number of carboxylic acid groups (broad SMARTS) is 1. The summed E-state index contributed by atoms with van der Waals surface area (Å²) in [5.74, 6) is -1.05. The summed E-state index contributed by atoms with van der Waals surface area (Å²) in [6.07, 6.45) is 0. The lowest BCUT2D eigenvalue weighted by Crippen LogP contribution is -2.05. The molecule has 0 heterocycles. The first-order valence-corrected chi connectivity index (χ1v) is 6.91. The van der Waals surface area contributed by atoms with Crippen LogP contribution in [0.5, 0.6) is 0 Å². The zero-order valence-electron chi connectivity index (χ0n) is 9.65. The molecule has 4 N–H and O–H groups in total. The Kier molecular flexibility index (Phi) is 4.11. The van der Waals surface area contributed by atoms with E-state index in [0.717, 1.165) is 14.6 Å². The number of rotatable bonds is 3. The Morgan fingerprint density at radius 3 is 2.53 bits per heavy atom. The van der Waals surface area contributed by atoms with E-state index in [-0.39, 0.29) is 11.3 Å². The first-order chi connectivity index (χ1) is 8.99. The maximum Gasteiger partial charge on any atom is 0.337 e. The van der Waals surface area contributed by atoms with Crippen molar-refractivity contribution in [1.29, 1.82) is 0 Å². The molecular weight excluding hydrogens is 376 g/mol. The van der Waals surface area contributed by atoms with E-state index in [1.165, 1.54) is 6.07 Å². The number of nitrogens with two attached hydrogens (primary N) is 1. The Balaban J connectivity index is 2.38. The van der Waals surface area contributed by atoms with Crippen LogP contribution in [-0.4, -0.2) is 11.1 Å². The number of nitrogens with one attached hydrogen (secondary N) is 1. The fraction of sp³-hybridized carbons (Fsp3) is 0. The SMILES string of the molecule is Nc1c(Nc2ccc(Br)cc2Br)cccc1C(=O)O. The van der Waals surface area contributed by atoms with Gasteiger partial charge in [0.15, 0.2) is 0 Å². The fourth-order valence-corrected chi connectivity index (χ4v) is 2.74. The van der Waals surface area contributed by atoms with Crippen LogP contribution in [0, 0.1) is 0 Å². The van der Waals surface area contributed by atoms with Crippen molar-refractivity contribution in [1.82, 2.24) is 0 Å². The van der Waals surface area contributed by atoms with Gasteiger partial charge in [-0.2, -0.15) is 0 Å². The predicted octanol–water partition coefficient (Wildman–Crippen LogP) is 4.24.